The van der Waals surface area contributed by atoms with Gasteiger partial charge >= 0.3 is 0 Å². The van der Waals surface area contributed by atoms with Crippen LogP contribution >= 0.6 is 0 Å². The number of carbonyl (C=O) groups is 1. The molecule has 0 unspecified atom stereocenters. The molecule has 1 aliphatic heterocycles. The van der Waals surface area contributed by atoms with Crippen molar-refractivity contribution in [1.82, 2.24) is 15.2 Å². The maximum absolute atomic E-state index is 12.5. The first kappa shape index (κ1) is 19.3. The normalized spacial score (nSPS) is 14.7. The maximum Gasteiger partial charge on any atom is 0.252 e. The van der Waals surface area contributed by atoms with E-state index in [9.17, 15) is 4.79 Å². The van der Waals surface area contributed by atoms with Crippen molar-refractivity contribution >= 4 is 11.6 Å². The molecular weight excluding hydrogens is 340 g/mol. The molecule has 0 spiro atoms. The van der Waals surface area contributed by atoms with Crippen molar-refractivity contribution in [3.8, 4) is 0 Å². The van der Waals surface area contributed by atoms with Crippen LogP contribution in [0.2, 0.25) is 0 Å². The molecule has 0 aliphatic carbocycles. The van der Waals surface area contributed by atoms with Crippen LogP contribution in [0, 0.1) is 0 Å². The average molecular weight is 368 g/mol. The van der Waals surface area contributed by atoms with E-state index in [4.69, 9.17) is 4.74 Å². The lowest BCUT2D eigenvalue weighted by molar-refractivity contribution is 0.0383. The SMILES string of the molecule is CCN(Cc1ccccc1)c1cncc(C(=O)NCCN2CCOCC2)c1. The molecule has 0 saturated carbocycles. The molecule has 6 nitrogen and oxygen atoms in total. The minimum atomic E-state index is -0.0756. The van der Waals surface area contributed by atoms with Crippen LogP contribution in [0.1, 0.15) is 22.8 Å². The van der Waals surface area contributed by atoms with Crippen LogP contribution < -0.4 is 10.2 Å². The van der Waals surface area contributed by atoms with Crippen LogP contribution in [-0.4, -0.2) is 61.7 Å². The molecular formula is C21H28N4O2. The zero-order valence-electron chi connectivity index (χ0n) is 15.9. The predicted molar refractivity (Wildman–Crippen MR) is 107 cm³/mol. The van der Waals surface area contributed by atoms with Gasteiger partial charge in [-0.25, -0.2) is 0 Å². The summed E-state index contributed by atoms with van der Waals surface area (Å²) in [6.07, 6.45) is 3.45. The van der Waals surface area contributed by atoms with Crippen molar-refractivity contribution < 1.29 is 9.53 Å². The number of benzene rings is 1. The fourth-order valence-corrected chi connectivity index (χ4v) is 3.17. The van der Waals surface area contributed by atoms with Crippen molar-refractivity contribution in [3.05, 3.63) is 59.9 Å². The van der Waals surface area contributed by atoms with E-state index in [-0.39, 0.29) is 5.91 Å². The molecule has 1 saturated heterocycles. The largest absolute Gasteiger partial charge is 0.379 e. The molecule has 1 N–H and O–H groups in total. The first-order chi connectivity index (χ1) is 13.3. The Morgan fingerprint density at radius 3 is 2.74 bits per heavy atom. The Morgan fingerprint density at radius 2 is 2.00 bits per heavy atom. The number of nitrogens with zero attached hydrogens (tertiary/aromatic N) is 3. The first-order valence-corrected chi connectivity index (χ1v) is 9.58. The molecule has 1 aromatic carbocycles. The summed E-state index contributed by atoms with van der Waals surface area (Å²) in [6.45, 7) is 8.62. The number of aromatic nitrogens is 1. The molecule has 0 radical (unpaired) electrons. The lowest BCUT2D eigenvalue weighted by Gasteiger charge is -2.26. The Morgan fingerprint density at radius 1 is 1.22 bits per heavy atom. The first-order valence-electron chi connectivity index (χ1n) is 9.58. The molecule has 1 amide bonds. The number of carbonyl (C=O) groups excluding carboxylic acids is 1. The van der Waals surface area contributed by atoms with Gasteiger partial charge in [0.1, 0.15) is 0 Å². The van der Waals surface area contributed by atoms with Crippen LogP contribution in [-0.2, 0) is 11.3 Å². The number of hydrogen-bond acceptors (Lipinski definition) is 5. The molecule has 2 heterocycles. The molecule has 27 heavy (non-hydrogen) atoms. The highest BCUT2D eigenvalue weighted by atomic mass is 16.5. The van der Waals surface area contributed by atoms with Gasteiger partial charge in [-0.1, -0.05) is 30.3 Å². The molecule has 0 atom stereocenters. The lowest BCUT2D eigenvalue weighted by atomic mass is 10.2. The summed E-state index contributed by atoms with van der Waals surface area (Å²) in [4.78, 5) is 21.3. The Labute approximate surface area is 161 Å². The standard InChI is InChI=1S/C21H28N4O2/c1-2-25(17-18-6-4-3-5-7-18)20-14-19(15-22-16-20)21(26)23-8-9-24-10-12-27-13-11-24/h3-7,14-16H,2,8-13,17H2,1H3,(H,23,26). The molecule has 1 aromatic heterocycles. The smallest absolute Gasteiger partial charge is 0.252 e. The van der Waals surface area contributed by atoms with Gasteiger partial charge in [0.2, 0.25) is 0 Å². The van der Waals surface area contributed by atoms with E-state index in [0.29, 0.717) is 12.1 Å². The number of ether oxygens (including phenoxy) is 1. The summed E-state index contributed by atoms with van der Waals surface area (Å²) in [5.74, 6) is -0.0756. The summed E-state index contributed by atoms with van der Waals surface area (Å²) in [5, 5.41) is 3.00. The zero-order chi connectivity index (χ0) is 18.9. The van der Waals surface area contributed by atoms with E-state index < -0.39 is 0 Å². The minimum absolute atomic E-state index is 0.0756. The summed E-state index contributed by atoms with van der Waals surface area (Å²) in [7, 11) is 0. The van der Waals surface area contributed by atoms with Crippen molar-refractivity contribution in [1.29, 1.82) is 0 Å². The highest BCUT2D eigenvalue weighted by Crippen LogP contribution is 2.17. The Bertz CT molecular complexity index is 717. The van der Waals surface area contributed by atoms with Crippen molar-refractivity contribution in [2.75, 3.05) is 50.8 Å². The number of morpholine rings is 1. The van der Waals surface area contributed by atoms with E-state index in [2.05, 4.69) is 39.2 Å². The number of amides is 1. The average Bonchev–Trinajstić information content (AvgIpc) is 2.73. The van der Waals surface area contributed by atoms with Crippen molar-refractivity contribution in [2.24, 2.45) is 0 Å². The van der Waals surface area contributed by atoms with Crippen LogP contribution in [0.4, 0.5) is 5.69 Å². The molecule has 6 heteroatoms. The summed E-state index contributed by atoms with van der Waals surface area (Å²) in [5.41, 5.74) is 2.79. The van der Waals surface area contributed by atoms with Crippen LogP contribution in [0.25, 0.3) is 0 Å². The number of hydrogen-bond donors (Lipinski definition) is 1. The van der Waals surface area contributed by atoms with Crippen LogP contribution in [0.5, 0.6) is 0 Å². The second-order valence-corrected chi connectivity index (χ2v) is 6.64. The fourth-order valence-electron chi connectivity index (χ4n) is 3.17. The van der Waals surface area contributed by atoms with Gasteiger partial charge in [-0.3, -0.25) is 14.7 Å². The predicted octanol–water partition coefficient (Wildman–Crippen LogP) is 2.17. The summed E-state index contributed by atoms with van der Waals surface area (Å²) >= 11 is 0. The third-order valence-electron chi connectivity index (χ3n) is 4.77. The van der Waals surface area contributed by atoms with Gasteiger partial charge in [0.05, 0.1) is 30.7 Å². The van der Waals surface area contributed by atoms with Crippen molar-refractivity contribution in [3.63, 3.8) is 0 Å². The van der Waals surface area contributed by atoms with Gasteiger partial charge in [-0.2, -0.15) is 0 Å². The van der Waals surface area contributed by atoms with E-state index in [1.165, 1.54) is 5.56 Å². The van der Waals surface area contributed by atoms with Gasteiger partial charge in [0.25, 0.3) is 5.91 Å². The number of anilines is 1. The zero-order valence-corrected chi connectivity index (χ0v) is 15.9. The van der Waals surface area contributed by atoms with Crippen molar-refractivity contribution in [2.45, 2.75) is 13.5 Å². The Kier molecular flexibility index (Phi) is 7.19. The number of nitrogens with one attached hydrogen (secondary N) is 1. The second kappa shape index (κ2) is 10.0. The lowest BCUT2D eigenvalue weighted by Crippen LogP contribution is -2.41. The van der Waals surface area contributed by atoms with Crippen LogP contribution in [0.15, 0.2) is 48.8 Å². The quantitative estimate of drug-likeness (QED) is 0.774. The molecule has 0 bridgehead atoms. The van der Waals surface area contributed by atoms with Gasteiger partial charge in [-0.15, -0.1) is 0 Å². The second-order valence-electron chi connectivity index (χ2n) is 6.64. The Balaban J connectivity index is 1.57. The molecule has 2 aromatic rings. The topological polar surface area (TPSA) is 57.7 Å². The summed E-state index contributed by atoms with van der Waals surface area (Å²) < 4.78 is 5.34. The van der Waals surface area contributed by atoms with E-state index in [0.717, 1.165) is 51.6 Å². The molecule has 1 aliphatic rings. The maximum atomic E-state index is 12.5. The Hall–Kier alpha value is -2.44. The number of pyridine rings is 1. The van der Waals surface area contributed by atoms with E-state index >= 15 is 0 Å². The van der Waals surface area contributed by atoms with Gasteiger partial charge in [0.15, 0.2) is 0 Å². The van der Waals surface area contributed by atoms with Gasteiger partial charge < -0.3 is 15.0 Å². The summed E-state index contributed by atoms with van der Waals surface area (Å²) in [6, 6.07) is 12.2. The minimum Gasteiger partial charge on any atom is -0.379 e. The van der Waals surface area contributed by atoms with Gasteiger partial charge in [-0.05, 0) is 18.6 Å². The third-order valence-corrected chi connectivity index (χ3v) is 4.77. The third kappa shape index (κ3) is 5.77. The fraction of sp³-hybridized carbons (Fsp3) is 0.429. The van der Waals surface area contributed by atoms with Gasteiger partial charge in [0, 0.05) is 45.5 Å². The van der Waals surface area contributed by atoms with Crippen LogP contribution in [0.3, 0.4) is 0 Å². The van der Waals surface area contributed by atoms with E-state index in [1.54, 1.807) is 6.20 Å². The monoisotopic (exact) mass is 368 g/mol. The molecule has 144 valence electrons. The molecule has 3 rings (SSSR count). The molecule has 1 fully saturated rings. The number of rotatable bonds is 8. The highest BCUT2D eigenvalue weighted by Gasteiger charge is 2.13. The van der Waals surface area contributed by atoms with E-state index in [1.807, 2.05) is 30.5 Å². The highest BCUT2D eigenvalue weighted by molar-refractivity contribution is 5.94.